The van der Waals surface area contributed by atoms with Crippen molar-refractivity contribution in [1.29, 1.82) is 0 Å². The molecular formula is C18H22N2O5S. The minimum absolute atomic E-state index is 0.227. The second kappa shape index (κ2) is 8.18. The van der Waals surface area contributed by atoms with Crippen molar-refractivity contribution in [3.8, 4) is 22.1 Å². The van der Waals surface area contributed by atoms with Gasteiger partial charge in [0, 0.05) is 5.56 Å². The van der Waals surface area contributed by atoms with Crippen LogP contribution in [0.3, 0.4) is 0 Å². The van der Waals surface area contributed by atoms with Gasteiger partial charge in [-0.05, 0) is 31.0 Å². The summed E-state index contributed by atoms with van der Waals surface area (Å²) in [5.74, 6) is -0.559. The summed E-state index contributed by atoms with van der Waals surface area (Å²) in [6.07, 6.45) is 0. The highest BCUT2D eigenvalue weighted by molar-refractivity contribution is 7.17. The molecule has 1 atom stereocenters. The molecule has 0 fully saturated rings. The summed E-state index contributed by atoms with van der Waals surface area (Å²) >= 11 is 1.21. The standard InChI is InChI=1S/C18H22N2O5S/c1-9(2)14(18(22)23)20-16(21)15-10(3)19-17(26-15)11-6-7-12(24-4)13(8-11)25-5/h6-9,14H,1-5H3,(H,20,21)(H,22,23)/t14-/m1/s1. The van der Waals surface area contributed by atoms with Crippen LogP contribution in [0, 0.1) is 12.8 Å². The monoisotopic (exact) mass is 378 g/mol. The second-order valence-corrected chi connectivity index (χ2v) is 7.04. The number of hydrogen-bond donors (Lipinski definition) is 2. The number of nitrogens with zero attached hydrogens (tertiary/aromatic N) is 1. The second-order valence-electron chi connectivity index (χ2n) is 6.04. The van der Waals surface area contributed by atoms with Crippen LogP contribution in [0.15, 0.2) is 18.2 Å². The van der Waals surface area contributed by atoms with E-state index in [2.05, 4.69) is 10.3 Å². The van der Waals surface area contributed by atoms with E-state index in [1.54, 1.807) is 47.1 Å². The Hall–Kier alpha value is -2.61. The SMILES string of the molecule is COc1ccc(-c2nc(C)c(C(=O)N[C@@H](C(=O)O)C(C)C)s2)cc1OC. The number of methoxy groups -OCH3 is 2. The zero-order valence-corrected chi connectivity index (χ0v) is 16.1. The van der Waals surface area contributed by atoms with Gasteiger partial charge in [-0.15, -0.1) is 11.3 Å². The number of nitrogens with one attached hydrogen (secondary N) is 1. The number of carboxylic acid groups (broad SMARTS) is 1. The Balaban J connectivity index is 2.31. The van der Waals surface area contributed by atoms with Gasteiger partial charge in [-0.1, -0.05) is 13.8 Å². The molecule has 1 aromatic heterocycles. The van der Waals surface area contributed by atoms with Gasteiger partial charge in [0.1, 0.15) is 15.9 Å². The van der Waals surface area contributed by atoms with E-state index in [4.69, 9.17) is 9.47 Å². The number of thiazole rings is 1. The number of rotatable bonds is 7. The van der Waals surface area contributed by atoms with E-state index in [1.807, 2.05) is 6.07 Å². The average molecular weight is 378 g/mol. The zero-order chi connectivity index (χ0) is 19.4. The van der Waals surface area contributed by atoms with Gasteiger partial charge in [-0.3, -0.25) is 4.79 Å². The third kappa shape index (κ3) is 4.13. The molecule has 1 amide bonds. The van der Waals surface area contributed by atoms with Gasteiger partial charge in [0.15, 0.2) is 11.5 Å². The minimum Gasteiger partial charge on any atom is -0.493 e. The number of aliphatic carboxylic acids is 1. The molecule has 26 heavy (non-hydrogen) atoms. The van der Waals surface area contributed by atoms with Gasteiger partial charge in [0.25, 0.3) is 5.91 Å². The van der Waals surface area contributed by atoms with Crippen LogP contribution in [0.5, 0.6) is 11.5 Å². The molecule has 140 valence electrons. The maximum absolute atomic E-state index is 12.5. The fourth-order valence-electron chi connectivity index (χ4n) is 2.42. The van der Waals surface area contributed by atoms with Crippen molar-refractivity contribution < 1.29 is 24.2 Å². The van der Waals surface area contributed by atoms with Crippen LogP contribution in [0.25, 0.3) is 10.6 Å². The van der Waals surface area contributed by atoms with Crippen LogP contribution < -0.4 is 14.8 Å². The highest BCUT2D eigenvalue weighted by Crippen LogP contribution is 2.35. The molecule has 1 aromatic carbocycles. The van der Waals surface area contributed by atoms with Crippen molar-refractivity contribution in [3.05, 3.63) is 28.8 Å². The lowest BCUT2D eigenvalue weighted by Gasteiger charge is -2.17. The smallest absolute Gasteiger partial charge is 0.326 e. The Kier molecular flexibility index (Phi) is 6.20. The van der Waals surface area contributed by atoms with Gasteiger partial charge in [0.05, 0.1) is 19.9 Å². The summed E-state index contributed by atoms with van der Waals surface area (Å²) in [7, 11) is 3.10. The van der Waals surface area contributed by atoms with Crippen LogP contribution in [0.1, 0.15) is 29.2 Å². The Bertz CT molecular complexity index is 816. The van der Waals surface area contributed by atoms with Crippen molar-refractivity contribution >= 4 is 23.2 Å². The number of ether oxygens (including phenoxy) is 2. The van der Waals surface area contributed by atoms with Crippen molar-refractivity contribution in [2.24, 2.45) is 5.92 Å². The summed E-state index contributed by atoms with van der Waals surface area (Å²) < 4.78 is 10.5. The van der Waals surface area contributed by atoms with Crippen molar-refractivity contribution in [1.82, 2.24) is 10.3 Å². The largest absolute Gasteiger partial charge is 0.493 e. The number of carbonyl (C=O) groups excluding carboxylic acids is 1. The molecule has 2 rings (SSSR count). The van der Waals surface area contributed by atoms with E-state index < -0.39 is 17.9 Å². The first-order valence-corrected chi connectivity index (χ1v) is 8.83. The lowest BCUT2D eigenvalue weighted by Crippen LogP contribution is -2.44. The third-order valence-corrected chi connectivity index (χ3v) is 5.06. The molecule has 0 aliphatic rings. The maximum Gasteiger partial charge on any atom is 0.326 e. The lowest BCUT2D eigenvalue weighted by molar-refractivity contribution is -0.140. The molecule has 0 spiro atoms. The Labute approximate surface area is 156 Å². The number of carboxylic acids is 1. The van der Waals surface area contributed by atoms with Gasteiger partial charge in [-0.25, -0.2) is 9.78 Å². The normalized spacial score (nSPS) is 11.9. The van der Waals surface area contributed by atoms with E-state index in [1.165, 1.54) is 11.3 Å². The van der Waals surface area contributed by atoms with E-state index in [0.717, 1.165) is 5.56 Å². The van der Waals surface area contributed by atoms with Crippen LogP contribution in [0.2, 0.25) is 0 Å². The maximum atomic E-state index is 12.5. The molecule has 1 heterocycles. The number of aryl methyl sites for hydroxylation is 1. The summed E-state index contributed by atoms with van der Waals surface area (Å²) in [6.45, 7) is 5.21. The first kappa shape index (κ1) is 19.7. The molecule has 2 N–H and O–H groups in total. The summed E-state index contributed by atoms with van der Waals surface area (Å²) in [5, 5.41) is 12.5. The third-order valence-electron chi connectivity index (χ3n) is 3.85. The first-order valence-electron chi connectivity index (χ1n) is 8.02. The molecule has 0 bridgehead atoms. The van der Waals surface area contributed by atoms with Crippen molar-refractivity contribution in [2.45, 2.75) is 26.8 Å². The zero-order valence-electron chi connectivity index (χ0n) is 15.3. The molecule has 0 aliphatic heterocycles. The van der Waals surface area contributed by atoms with Gasteiger partial charge < -0.3 is 19.9 Å². The molecule has 8 heteroatoms. The van der Waals surface area contributed by atoms with Crippen LogP contribution in [-0.2, 0) is 4.79 Å². The minimum atomic E-state index is -1.06. The Morgan fingerprint density at radius 2 is 1.85 bits per heavy atom. The molecule has 0 radical (unpaired) electrons. The Morgan fingerprint density at radius 3 is 2.38 bits per heavy atom. The number of benzene rings is 1. The van der Waals surface area contributed by atoms with Crippen LogP contribution in [0.4, 0.5) is 0 Å². The predicted molar refractivity (Wildman–Crippen MR) is 99.1 cm³/mol. The van der Waals surface area contributed by atoms with Gasteiger partial charge >= 0.3 is 5.97 Å². The summed E-state index contributed by atoms with van der Waals surface area (Å²) in [5.41, 5.74) is 1.33. The molecule has 2 aromatic rings. The molecular weight excluding hydrogens is 356 g/mol. The van der Waals surface area contributed by atoms with Crippen LogP contribution in [-0.4, -0.2) is 42.2 Å². The average Bonchev–Trinajstić information content (AvgIpc) is 3.00. The molecule has 7 nitrogen and oxygen atoms in total. The number of amides is 1. The summed E-state index contributed by atoms with van der Waals surface area (Å²) in [4.78, 5) is 28.6. The first-order chi connectivity index (χ1) is 12.3. The highest BCUT2D eigenvalue weighted by atomic mass is 32.1. The van der Waals surface area contributed by atoms with Crippen molar-refractivity contribution in [3.63, 3.8) is 0 Å². The van der Waals surface area contributed by atoms with Gasteiger partial charge in [0.2, 0.25) is 0 Å². The quantitative estimate of drug-likeness (QED) is 0.769. The van der Waals surface area contributed by atoms with Crippen molar-refractivity contribution in [2.75, 3.05) is 14.2 Å². The lowest BCUT2D eigenvalue weighted by atomic mass is 10.0. The molecule has 0 aliphatic carbocycles. The summed E-state index contributed by atoms with van der Waals surface area (Å²) in [6, 6.07) is 4.43. The number of hydrogen-bond acceptors (Lipinski definition) is 6. The van der Waals surface area contributed by atoms with E-state index >= 15 is 0 Å². The van der Waals surface area contributed by atoms with E-state index in [0.29, 0.717) is 27.1 Å². The Morgan fingerprint density at radius 1 is 1.19 bits per heavy atom. The number of carbonyl (C=O) groups is 2. The molecule has 0 saturated heterocycles. The van der Waals surface area contributed by atoms with E-state index in [9.17, 15) is 14.7 Å². The number of aromatic nitrogens is 1. The molecule has 0 unspecified atom stereocenters. The van der Waals surface area contributed by atoms with E-state index in [-0.39, 0.29) is 5.92 Å². The topological polar surface area (TPSA) is 97.8 Å². The molecule has 0 saturated carbocycles. The fraction of sp³-hybridized carbons (Fsp3) is 0.389. The van der Waals surface area contributed by atoms with Gasteiger partial charge in [-0.2, -0.15) is 0 Å². The fourth-order valence-corrected chi connectivity index (χ4v) is 3.39. The highest BCUT2D eigenvalue weighted by Gasteiger charge is 2.26. The predicted octanol–water partition coefficient (Wildman–Crippen LogP) is 2.97. The van der Waals surface area contributed by atoms with Crippen LogP contribution >= 0.6 is 11.3 Å².